The van der Waals surface area contributed by atoms with Crippen molar-refractivity contribution in [1.29, 1.82) is 0 Å². The van der Waals surface area contributed by atoms with E-state index in [1.165, 1.54) is 76.3 Å². The number of aromatic nitrogens is 2. The Morgan fingerprint density at radius 3 is 0.789 bits per heavy atom. The lowest BCUT2D eigenvalue weighted by molar-refractivity contribution is 0.477. The fourth-order valence-corrected chi connectivity index (χ4v) is 16.6. The molecule has 1 N–H and O–H groups in total. The van der Waals surface area contributed by atoms with Crippen LogP contribution in [0.15, 0.2) is 400 Å². The standard InChI is InChI=1S/C58H37N3O2.C34H21Cl2N.C12H9NO/c1-2-12-41-35-46(32-25-38(41)11-1)61-49-33-26-42(39-21-28-44(29-22-39)59-51-13-3-7-17-55(51)62-56-18-8-4-14-52(56)59)36-47(49)48-37-43(27-34-50(48)61)40-23-30-45(31-24-40)60-53-15-5-9-19-57(53)63-58-20-10-6-16-54(58)60;35-28-12-5-23(6-13-28)26-10-17-33-31(20-26)32-21-27(24-7-14-29(36)15-8-24)11-18-34(32)37(33)30-16-9-22-3-1-2-4-25(22)19-30;1-3-7-11-9(5-1)13-10-6-2-4-8-12(10)14-11/h1-37H;1-21H;1-8,13H. The summed E-state index contributed by atoms with van der Waals surface area (Å²) in [5.41, 5.74) is 24.5. The van der Waals surface area contributed by atoms with Gasteiger partial charge in [-0.3, -0.25) is 0 Å². The molecule has 114 heavy (non-hydrogen) atoms. The molecule has 0 saturated carbocycles. The molecule has 0 amide bonds. The first-order chi connectivity index (χ1) is 56.3. The molecule has 0 spiro atoms. The van der Waals surface area contributed by atoms with E-state index in [0.29, 0.717) is 0 Å². The maximum Gasteiger partial charge on any atom is 0.151 e. The van der Waals surface area contributed by atoms with E-state index in [4.69, 9.17) is 37.4 Å². The van der Waals surface area contributed by atoms with Gasteiger partial charge in [-0.2, -0.15) is 0 Å². The van der Waals surface area contributed by atoms with Crippen LogP contribution in [-0.4, -0.2) is 9.13 Å². The number of para-hydroxylation sites is 12. The molecule has 5 heterocycles. The molecule has 23 rings (SSSR count). The molecule has 3 aliphatic heterocycles. The molecule has 0 saturated heterocycles. The summed E-state index contributed by atoms with van der Waals surface area (Å²) in [6.45, 7) is 0. The maximum atomic E-state index is 6.29. The summed E-state index contributed by atoms with van der Waals surface area (Å²) in [6, 6.07) is 140. The second-order valence-corrected chi connectivity index (χ2v) is 29.6. The van der Waals surface area contributed by atoms with Gasteiger partial charge in [-0.25, -0.2) is 0 Å². The zero-order valence-electron chi connectivity index (χ0n) is 61.4. The Labute approximate surface area is 668 Å². The minimum absolute atomic E-state index is 0.741. The smallest absolute Gasteiger partial charge is 0.151 e. The number of fused-ring (bicyclic) bond motifs is 14. The first-order valence-electron chi connectivity index (χ1n) is 38.1. The number of anilines is 8. The van der Waals surface area contributed by atoms with Crippen LogP contribution in [0.1, 0.15) is 0 Å². The Hall–Kier alpha value is -14.5. The van der Waals surface area contributed by atoms with Crippen LogP contribution >= 0.6 is 23.2 Å². The number of nitrogens with one attached hydrogen (secondary N) is 1. The largest absolute Gasteiger partial charge is 0.453 e. The maximum absolute atomic E-state index is 6.29. The summed E-state index contributed by atoms with van der Waals surface area (Å²) in [5.74, 6) is 5.14. The highest BCUT2D eigenvalue weighted by Crippen LogP contribution is 2.53. The molecule has 0 radical (unpaired) electrons. The topological polar surface area (TPSA) is 56.1 Å². The van der Waals surface area contributed by atoms with Gasteiger partial charge in [0.25, 0.3) is 0 Å². The summed E-state index contributed by atoms with van der Waals surface area (Å²) in [5, 5.41) is 14.5. The van der Waals surface area contributed by atoms with Crippen LogP contribution in [0.4, 0.5) is 45.5 Å². The summed E-state index contributed by atoms with van der Waals surface area (Å²) in [6.07, 6.45) is 0. The minimum atomic E-state index is 0.741. The van der Waals surface area contributed by atoms with Crippen molar-refractivity contribution in [1.82, 2.24) is 9.13 Å². The first-order valence-corrected chi connectivity index (χ1v) is 38.9. The predicted octanol–water partition coefficient (Wildman–Crippen LogP) is 30.5. The molecule has 0 aliphatic carbocycles. The predicted molar refractivity (Wildman–Crippen MR) is 474 cm³/mol. The quantitative estimate of drug-likeness (QED) is 0.164. The van der Waals surface area contributed by atoms with E-state index in [2.05, 4.69) is 303 Å². The van der Waals surface area contributed by atoms with Gasteiger partial charge in [-0.05, 0) is 260 Å². The van der Waals surface area contributed by atoms with Gasteiger partial charge in [0.2, 0.25) is 0 Å². The Kier molecular flexibility index (Phi) is 16.8. The lowest BCUT2D eigenvalue weighted by atomic mass is 9.99. The number of hydrogen-bond donors (Lipinski definition) is 1. The van der Waals surface area contributed by atoms with Crippen LogP contribution in [0.2, 0.25) is 10.0 Å². The molecule has 10 heteroatoms. The van der Waals surface area contributed by atoms with E-state index in [-0.39, 0.29) is 0 Å². The lowest BCUT2D eigenvalue weighted by Crippen LogP contribution is -2.15. The second kappa shape index (κ2) is 28.4. The van der Waals surface area contributed by atoms with E-state index >= 15 is 0 Å². The molecule has 0 unspecified atom stereocenters. The van der Waals surface area contributed by atoms with E-state index in [1.807, 2.05) is 121 Å². The number of hydrogen-bond acceptors (Lipinski definition) is 6. The third kappa shape index (κ3) is 12.3. The Morgan fingerprint density at radius 2 is 0.456 bits per heavy atom. The third-order valence-corrected chi connectivity index (χ3v) is 22.4. The van der Waals surface area contributed by atoms with Crippen molar-refractivity contribution in [3.63, 3.8) is 0 Å². The zero-order valence-corrected chi connectivity index (χ0v) is 62.9. The van der Waals surface area contributed by atoms with Crippen LogP contribution in [0, 0.1) is 0 Å². The molecule has 3 aliphatic rings. The third-order valence-electron chi connectivity index (χ3n) is 21.9. The molecule has 2 aromatic heterocycles. The van der Waals surface area contributed by atoms with Gasteiger partial charge in [0, 0.05) is 54.3 Å². The van der Waals surface area contributed by atoms with Crippen molar-refractivity contribution in [3.8, 4) is 90.4 Å². The normalized spacial score (nSPS) is 12.2. The van der Waals surface area contributed by atoms with E-state index < -0.39 is 0 Å². The average molecular weight is 1510 g/mol. The Morgan fingerprint density at radius 1 is 0.202 bits per heavy atom. The van der Waals surface area contributed by atoms with Crippen LogP contribution in [0.5, 0.6) is 34.5 Å². The Balaban J connectivity index is 0.000000133. The van der Waals surface area contributed by atoms with Gasteiger partial charge in [-0.1, -0.05) is 229 Å². The molecule has 18 aromatic carbocycles. The fourth-order valence-electron chi connectivity index (χ4n) is 16.4. The zero-order chi connectivity index (χ0) is 75.7. The van der Waals surface area contributed by atoms with Crippen LogP contribution in [0.25, 0.3) is 121 Å². The summed E-state index contributed by atoms with van der Waals surface area (Å²) >= 11 is 12.3. The van der Waals surface area contributed by atoms with Crippen molar-refractivity contribution < 1.29 is 14.2 Å². The van der Waals surface area contributed by atoms with E-state index in [1.54, 1.807) is 0 Å². The molecule has 540 valence electrons. The minimum Gasteiger partial charge on any atom is -0.453 e. The van der Waals surface area contributed by atoms with Gasteiger partial charge in [0.1, 0.15) is 0 Å². The van der Waals surface area contributed by atoms with E-state index in [9.17, 15) is 0 Å². The van der Waals surface area contributed by atoms with Gasteiger partial charge < -0.3 is 38.5 Å². The van der Waals surface area contributed by atoms with Crippen LogP contribution < -0.4 is 29.3 Å². The highest BCUT2D eigenvalue weighted by Gasteiger charge is 2.28. The summed E-state index contributed by atoms with van der Waals surface area (Å²) < 4.78 is 23.1. The Bertz CT molecular complexity index is 6680. The molecule has 8 nitrogen and oxygen atoms in total. The van der Waals surface area contributed by atoms with Crippen molar-refractivity contribution >= 4 is 134 Å². The highest BCUT2D eigenvalue weighted by atomic mass is 35.5. The number of benzene rings is 18. The lowest BCUT2D eigenvalue weighted by Gasteiger charge is -2.32. The number of nitrogens with zero attached hydrogens (tertiary/aromatic N) is 4. The summed E-state index contributed by atoms with van der Waals surface area (Å²) in [7, 11) is 0. The average Bonchev–Trinajstić information content (AvgIpc) is 1.64. The fraction of sp³-hybridized carbons (Fsp3) is 0. The number of halogens is 2. The van der Waals surface area contributed by atoms with Gasteiger partial charge in [0.05, 0.1) is 56.2 Å². The molecule has 0 fully saturated rings. The van der Waals surface area contributed by atoms with Gasteiger partial charge in [-0.15, -0.1) is 0 Å². The highest BCUT2D eigenvalue weighted by molar-refractivity contribution is 6.31. The molecular formula is C104H67Cl2N5O3. The van der Waals surface area contributed by atoms with Gasteiger partial charge >= 0.3 is 0 Å². The van der Waals surface area contributed by atoms with Gasteiger partial charge in [0.15, 0.2) is 34.5 Å². The van der Waals surface area contributed by atoms with Crippen LogP contribution in [-0.2, 0) is 0 Å². The van der Waals surface area contributed by atoms with E-state index in [0.717, 1.165) is 135 Å². The van der Waals surface area contributed by atoms with Crippen molar-refractivity contribution in [2.24, 2.45) is 0 Å². The first kappa shape index (κ1) is 67.6. The van der Waals surface area contributed by atoms with Crippen molar-refractivity contribution in [2.45, 2.75) is 0 Å². The van der Waals surface area contributed by atoms with Crippen molar-refractivity contribution in [2.75, 3.05) is 15.1 Å². The molecular weight excluding hydrogens is 1440 g/mol. The van der Waals surface area contributed by atoms with Crippen LogP contribution in [0.3, 0.4) is 0 Å². The monoisotopic (exact) mass is 1500 g/mol. The molecule has 20 aromatic rings. The summed E-state index contributed by atoms with van der Waals surface area (Å²) in [4.78, 5) is 4.57. The molecule has 0 atom stereocenters. The SMILES string of the molecule is Clc1ccc(-c2ccc3c(c2)c2cc(-c4ccc(Cl)cc4)ccc2n3-c2ccc3ccccc3c2)cc1.c1ccc2c(c1)Nc1ccccc1O2.c1ccc2c(c1)Oc1ccccc1N2c1ccc(-c2ccc3c(c2)c2cc(-c4ccc(N5c6ccccc6Oc6ccccc65)cc4)ccc2n3-c2ccc3ccccc3c2)cc1. The number of rotatable bonds is 8. The second-order valence-electron chi connectivity index (χ2n) is 28.7. The van der Waals surface area contributed by atoms with Crippen molar-refractivity contribution in [3.05, 3.63) is 410 Å². The molecule has 0 bridgehead atoms. The number of ether oxygens (including phenoxy) is 3.